The third-order valence-corrected chi connectivity index (χ3v) is 3.63. The van der Waals surface area contributed by atoms with Gasteiger partial charge in [-0.25, -0.2) is 4.39 Å². The van der Waals surface area contributed by atoms with Gasteiger partial charge in [0.15, 0.2) is 10.6 Å². The van der Waals surface area contributed by atoms with Crippen LogP contribution in [-0.4, -0.2) is 11.5 Å². The summed E-state index contributed by atoms with van der Waals surface area (Å²) in [5.74, 6) is -0.302. The summed E-state index contributed by atoms with van der Waals surface area (Å²) in [6, 6.07) is 6.10. The molecule has 1 heterocycles. The SMILES string of the molecule is COc1c(-c2ccc(C(C)F)cc2)nsc1C(F)(F)F. The number of ether oxygens (including phenoxy) is 1. The van der Waals surface area contributed by atoms with Gasteiger partial charge < -0.3 is 4.74 Å². The first-order valence-electron chi connectivity index (χ1n) is 5.70. The van der Waals surface area contributed by atoms with Crippen LogP contribution in [0.15, 0.2) is 24.3 Å². The van der Waals surface area contributed by atoms with Crippen LogP contribution in [0.5, 0.6) is 5.75 Å². The largest absolute Gasteiger partial charge is 0.493 e. The maximum absolute atomic E-state index is 13.1. The molecule has 0 radical (unpaired) electrons. The van der Waals surface area contributed by atoms with E-state index in [1.807, 2.05) is 0 Å². The van der Waals surface area contributed by atoms with Crippen molar-refractivity contribution in [3.05, 3.63) is 34.7 Å². The summed E-state index contributed by atoms with van der Waals surface area (Å²) < 4.78 is 60.0. The van der Waals surface area contributed by atoms with Crippen LogP contribution < -0.4 is 4.74 Å². The van der Waals surface area contributed by atoms with E-state index in [1.54, 1.807) is 0 Å². The number of alkyl halides is 4. The summed E-state index contributed by atoms with van der Waals surface area (Å²) in [6.45, 7) is 1.39. The molecular weight excluding hydrogens is 294 g/mol. The molecule has 108 valence electrons. The van der Waals surface area contributed by atoms with Crippen LogP contribution in [0, 0.1) is 0 Å². The van der Waals surface area contributed by atoms with E-state index in [0.29, 0.717) is 22.7 Å². The van der Waals surface area contributed by atoms with E-state index in [9.17, 15) is 17.6 Å². The molecule has 1 unspecified atom stereocenters. The molecule has 1 aromatic carbocycles. The first kappa shape index (κ1) is 14.8. The van der Waals surface area contributed by atoms with E-state index in [1.165, 1.54) is 38.3 Å². The van der Waals surface area contributed by atoms with Gasteiger partial charge in [-0.3, -0.25) is 0 Å². The molecule has 0 aliphatic heterocycles. The molecule has 7 heteroatoms. The van der Waals surface area contributed by atoms with Crippen molar-refractivity contribution < 1.29 is 22.3 Å². The predicted octanol–water partition coefficient (Wildman–Crippen LogP) is 4.87. The fraction of sp³-hybridized carbons (Fsp3) is 0.308. The van der Waals surface area contributed by atoms with Crippen molar-refractivity contribution in [3.63, 3.8) is 0 Å². The summed E-state index contributed by atoms with van der Waals surface area (Å²) in [6.07, 6.45) is -5.64. The van der Waals surface area contributed by atoms with E-state index in [4.69, 9.17) is 4.74 Å². The van der Waals surface area contributed by atoms with Gasteiger partial charge in [0.1, 0.15) is 11.9 Å². The van der Waals surface area contributed by atoms with Crippen molar-refractivity contribution in [3.8, 4) is 17.0 Å². The molecule has 0 bridgehead atoms. The highest BCUT2D eigenvalue weighted by atomic mass is 32.1. The van der Waals surface area contributed by atoms with Gasteiger partial charge in [0.2, 0.25) is 0 Å². The molecule has 0 fully saturated rings. The number of hydrogen-bond donors (Lipinski definition) is 0. The summed E-state index contributed by atoms with van der Waals surface area (Å²) in [5, 5.41) is 0. The zero-order valence-corrected chi connectivity index (χ0v) is 11.5. The van der Waals surface area contributed by atoms with Crippen LogP contribution >= 0.6 is 11.5 Å². The number of hydrogen-bond acceptors (Lipinski definition) is 3. The maximum atomic E-state index is 13.1. The fourth-order valence-electron chi connectivity index (χ4n) is 1.74. The number of halogens is 4. The maximum Gasteiger partial charge on any atom is 0.430 e. The number of methoxy groups -OCH3 is 1. The van der Waals surface area contributed by atoms with Crippen molar-refractivity contribution in [2.45, 2.75) is 19.3 Å². The third kappa shape index (κ3) is 2.77. The molecular formula is C13H11F4NOS. The van der Waals surface area contributed by atoms with E-state index < -0.39 is 17.2 Å². The van der Waals surface area contributed by atoms with Crippen LogP contribution in [0.25, 0.3) is 11.3 Å². The number of rotatable bonds is 3. The zero-order valence-electron chi connectivity index (χ0n) is 10.7. The topological polar surface area (TPSA) is 22.1 Å². The van der Waals surface area contributed by atoms with Crippen LogP contribution in [-0.2, 0) is 6.18 Å². The average molecular weight is 305 g/mol. The minimum atomic E-state index is -4.51. The summed E-state index contributed by atoms with van der Waals surface area (Å²) >= 11 is 0.339. The highest BCUT2D eigenvalue weighted by Crippen LogP contribution is 2.44. The van der Waals surface area contributed by atoms with Crippen molar-refractivity contribution >= 4 is 11.5 Å². The lowest BCUT2D eigenvalue weighted by Gasteiger charge is -2.08. The second-order valence-electron chi connectivity index (χ2n) is 4.13. The summed E-state index contributed by atoms with van der Waals surface area (Å²) in [5.41, 5.74) is 1.03. The Morgan fingerprint density at radius 2 is 1.80 bits per heavy atom. The quantitative estimate of drug-likeness (QED) is 0.755. The molecule has 20 heavy (non-hydrogen) atoms. The standard InChI is InChI=1S/C13H11F4NOS/c1-7(14)8-3-5-9(6-4-8)10-11(19-2)12(20-18-10)13(15,16)17/h3-7H,1-2H3. The first-order valence-corrected chi connectivity index (χ1v) is 6.47. The Labute approximate surface area is 117 Å². The number of aromatic nitrogens is 1. The third-order valence-electron chi connectivity index (χ3n) is 2.75. The predicted molar refractivity (Wildman–Crippen MR) is 68.6 cm³/mol. The second kappa shape index (κ2) is 5.40. The van der Waals surface area contributed by atoms with Crippen LogP contribution in [0.3, 0.4) is 0 Å². The Kier molecular flexibility index (Phi) is 3.99. The Morgan fingerprint density at radius 3 is 2.25 bits per heavy atom. The molecule has 2 rings (SSSR count). The monoisotopic (exact) mass is 305 g/mol. The minimum absolute atomic E-state index is 0.114. The Morgan fingerprint density at radius 1 is 1.20 bits per heavy atom. The lowest BCUT2D eigenvalue weighted by Crippen LogP contribution is -2.04. The van der Waals surface area contributed by atoms with Crippen molar-refractivity contribution in [1.29, 1.82) is 0 Å². The van der Waals surface area contributed by atoms with Crippen LogP contribution in [0.2, 0.25) is 0 Å². The minimum Gasteiger partial charge on any atom is -0.493 e. The molecule has 1 aromatic heterocycles. The van der Waals surface area contributed by atoms with Crippen molar-refractivity contribution in [2.75, 3.05) is 7.11 Å². The van der Waals surface area contributed by atoms with Crippen molar-refractivity contribution in [1.82, 2.24) is 4.37 Å². The van der Waals surface area contributed by atoms with Gasteiger partial charge in [0.25, 0.3) is 0 Å². The van der Waals surface area contributed by atoms with Crippen LogP contribution in [0.4, 0.5) is 17.6 Å². The second-order valence-corrected chi connectivity index (χ2v) is 4.90. The van der Waals surface area contributed by atoms with Gasteiger partial charge in [-0.2, -0.15) is 17.5 Å². The van der Waals surface area contributed by atoms with Crippen molar-refractivity contribution in [2.24, 2.45) is 0 Å². The molecule has 2 aromatic rings. The van der Waals surface area contributed by atoms with Gasteiger partial charge in [-0.05, 0) is 24.0 Å². The summed E-state index contributed by atoms with van der Waals surface area (Å²) in [4.78, 5) is -0.877. The molecule has 0 aliphatic carbocycles. The van der Waals surface area contributed by atoms with E-state index in [-0.39, 0.29) is 11.4 Å². The molecule has 0 amide bonds. The lowest BCUT2D eigenvalue weighted by molar-refractivity contribution is -0.135. The molecule has 0 saturated heterocycles. The number of nitrogens with zero attached hydrogens (tertiary/aromatic N) is 1. The smallest absolute Gasteiger partial charge is 0.430 e. The average Bonchev–Trinajstić information content (AvgIpc) is 2.82. The fourth-order valence-corrected chi connectivity index (χ4v) is 2.48. The Balaban J connectivity index is 2.45. The number of benzene rings is 1. The highest BCUT2D eigenvalue weighted by Gasteiger charge is 2.38. The van der Waals surface area contributed by atoms with Gasteiger partial charge in [0.05, 0.1) is 7.11 Å². The highest BCUT2D eigenvalue weighted by molar-refractivity contribution is 7.06. The molecule has 1 atom stereocenters. The first-order chi connectivity index (χ1) is 9.34. The van der Waals surface area contributed by atoms with Gasteiger partial charge >= 0.3 is 6.18 Å². The van der Waals surface area contributed by atoms with E-state index in [0.717, 1.165) is 0 Å². The Hall–Kier alpha value is -1.63. The normalized spacial score (nSPS) is 13.3. The molecule has 0 N–H and O–H groups in total. The molecule has 2 nitrogen and oxygen atoms in total. The lowest BCUT2D eigenvalue weighted by atomic mass is 10.1. The van der Waals surface area contributed by atoms with Crippen LogP contribution in [0.1, 0.15) is 23.5 Å². The Bertz CT molecular complexity index is 589. The molecule has 0 saturated carbocycles. The van der Waals surface area contributed by atoms with E-state index >= 15 is 0 Å². The molecule has 0 spiro atoms. The zero-order chi connectivity index (χ0) is 14.9. The van der Waals surface area contributed by atoms with E-state index in [2.05, 4.69) is 4.37 Å². The summed E-state index contributed by atoms with van der Waals surface area (Å²) in [7, 11) is 1.17. The van der Waals surface area contributed by atoms with Gasteiger partial charge in [0, 0.05) is 5.56 Å². The van der Waals surface area contributed by atoms with Gasteiger partial charge in [-0.15, -0.1) is 0 Å². The molecule has 0 aliphatic rings. The van der Waals surface area contributed by atoms with Gasteiger partial charge in [-0.1, -0.05) is 24.3 Å².